The second-order valence-electron chi connectivity index (χ2n) is 3.79. The van der Waals surface area contributed by atoms with Crippen LogP contribution in [0, 0.1) is 5.82 Å². The van der Waals surface area contributed by atoms with E-state index in [9.17, 15) is 17.9 Å². The standard InChI is InChI=1S/C11H15FO5S/c1-6(13)7-5-8(12)11(18(4,14)15)10(17-3)9(7)16-2/h5-6,13H,1-4H3. The summed E-state index contributed by atoms with van der Waals surface area (Å²) in [7, 11) is -1.32. The maximum absolute atomic E-state index is 13.8. The molecular weight excluding hydrogens is 263 g/mol. The van der Waals surface area contributed by atoms with Gasteiger partial charge in [-0.15, -0.1) is 0 Å². The number of aliphatic hydroxyl groups excluding tert-OH is 1. The number of aliphatic hydroxyl groups is 1. The van der Waals surface area contributed by atoms with E-state index in [0.29, 0.717) is 0 Å². The number of methoxy groups -OCH3 is 2. The van der Waals surface area contributed by atoms with Crippen LogP contribution in [0.2, 0.25) is 0 Å². The summed E-state index contributed by atoms with van der Waals surface area (Å²) in [5.41, 5.74) is 0.124. The van der Waals surface area contributed by atoms with Crippen LogP contribution in [0.3, 0.4) is 0 Å². The van der Waals surface area contributed by atoms with Crippen LogP contribution >= 0.6 is 0 Å². The third kappa shape index (κ3) is 2.56. The first kappa shape index (κ1) is 14.7. The van der Waals surface area contributed by atoms with Crippen molar-refractivity contribution in [2.75, 3.05) is 20.5 Å². The highest BCUT2D eigenvalue weighted by atomic mass is 32.2. The van der Waals surface area contributed by atoms with Crippen LogP contribution in [0.1, 0.15) is 18.6 Å². The number of sulfone groups is 1. The summed E-state index contributed by atoms with van der Waals surface area (Å²) in [4.78, 5) is -0.578. The molecule has 0 heterocycles. The molecule has 5 nitrogen and oxygen atoms in total. The third-order valence-corrected chi connectivity index (χ3v) is 3.52. The fraction of sp³-hybridized carbons (Fsp3) is 0.455. The molecule has 0 aliphatic carbocycles. The predicted octanol–water partition coefficient (Wildman–Crippen LogP) is 1.30. The van der Waals surface area contributed by atoms with Gasteiger partial charge >= 0.3 is 0 Å². The minimum absolute atomic E-state index is 0.00863. The number of benzene rings is 1. The quantitative estimate of drug-likeness (QED) is 0.898. The van der Waals surface area contributed by atoms with Crippen LogP contribution in [0.5, 0.6) is 11.5 Å². The van der Waals surface area contributed by atoms with Gasteiger partial charge in [-0.05, 0) is 13.0 Å². The van der Waals surface area contributed by atoms with E-state index in [4.69, 9.17) is 9.47 Å². The summed E-state index contributed by atoms with van der Waals surface area (Å²) in [6, 6.07) is 0.933. The average molecular weight is 278 g/mol. The normalized spacial score (nSPS) is 13.2. The van der Waals surface area contributed by atoms with Crippen molar-refractivity contribution in [2.24, 2.45) is 0 Å². The van der Waals surface area contributed by atoms with E-state index in [2.05, 4.69) is 0 Å². The van der Waals surface area contributed by atoms with Crippen molar-refractivity contribution in [3.05, 3.63) is 17.4 Å². The Bertz CT molecular complexity index is 551. The molecule has 0 aliphatic heterocycles. The topological polar surface area (TPSA) is 72.8 Å². The first-order chi connectivity index (χ1) is 8.23. The van der Waals surface area contributed by atoms with E-state index in [1.807, 2.05) is 0 Å². The Morgan fingerprint density at radius 3 is 2.11 bits per heavy atom. The maximum Gasteiger partial charge on any atom is 0.182 e. The summed E-state index contributed by atoms with van der Waals surface area (Å²) >= 11 is 0. The summed E-state index contributed by atoms with van der Waals surface area (Å²) < 4.78 is 46.8. The molecule has 1 rings (SSSR count). The van der Waals surface area contributed by atoms with E-state index in [-0.39, 0.29) is 17.1 Å². The Labute approximate surface area is 105 Å². The molecule has 1 aromatic rings. The van der Waals surface area contributed by atoms with Gasteiger partial charge in [-0.3, -0.25) is 0 Å². The monoisotopic (exact) mass is 278 g/mol. The zero-order chi connectivity index (χ0) is 14.1. The molecule has 0 saturated carbocycles. The smallest absolute Gasteiger partial charge is 0.182 e. The van der Waals surface area contributed by atoms with E-state index < -0.39 is 26.7 Å². The second kappa shape index (κ2) is 5.11. The summed E-state index contributed by atoms with van der Waals surface area (Å²) in [6.07, 6.45) is -0.146. The Hall–Kier alpha value is -1.34. The van der Waals surface area contributed by atoms with E-state index in [1.165, 1.54) is 21.1 Å². The van der Waals surface area contributed by atoms with Gasteiger partial charge in [0.15, 0.2) is 21.3 Å². The lowest BCUT2D eigenvalue weighted by Crippen LogP contribution is -2.09. The van der Waals surface area contributed by atoms with Crippen molar-refractivity contribution >= 4 is 9.84 Å². The highest BCUT2D eigenvalue weighted by Crippen LogP contribution is 2.41. The van der Waals surface area contributed by atoms with Crippen molar-refractivity contribution in [2.45, 2.75) is 17.9 Å². The zero-order valence-electron chi connectivity index (χ0n) is 10.5. The van der Waals surface area contributed by atoms with Crippen molar-refractivity contribution in [3.8, 4) is 11.5 Å². The average Bonchev–Trinajstić information content (AvgIpc) is 2.25. The van der Waals surface area contributed by atoms with Crippen molar-refractivity contribution in [3.63, 3.8) is 0 Å². The van der Waals surface area contributed by atoms with Crippen molar-refractivity contribution in [1.29, 1.82) is 0 Å². The van der Waals surface area contributed by atoms with Gasteiger partial charge in [0, 0.05) is 11.8 Å². The van der Waals surface area contributed by atoms with Gasteiger partial charge in [-0.1, -0.05) is 0 Å². The largest absolute Gasteiger partial charge is 0.492 e. The highest BCUT2D eigenvalue weighted by molar-refractivity contribution is 7.90. The molecule has 1 aromatic carbocycles. The second-order valence-corrected chi connectivity index (χ2v) is 5.74. The molecule has 1 atom stereocenters. The van der Waals surface area contributed by atoms with Crippen LogP contribution in [0.4, 0.5) is 4.39 Å². The predicted molar refractivity (Wildman–Crippen MR) is 63.2 cm³/mol. The number of halogens is 1. The van der Waals surface area contributed by atoms with Gasteiger partial charge in [0.1, 0.15) is 10.7 Å². The Kier molecular flexibility index (Phi) is 4.18. The van der Waals surface area contributed by atoms with Gasteiger partial charge in [-0.25, -0.2) is 12.8 Å². The van der Waals surface area contributed by atoms with E-state index in [1.54, 1.807) is 0 Å². The SMILES string of the molecule is COc1c(C(C)O)cc(F)c(S(C)(=O)=O)c1OC. The molecular formula is C11H15FO5S. The number of rotatable bonds is 4. The fourth-order valence-electron chi connectivity index (χ4n) is 1.66. The molecule has 0 radical (unpaired) electrons. The van der Waals surface area contributed by atoms with E-state index in [0.717, 1.165) is 12.3 Å². The molecule has 0 aromatic heterocycles. The lowest BCUT2D eigenvalue weighted by Gasteiger charge is -2.17. The highest BCUT2D eigenvalue weighted by Gasteiger charge is 2.27. The van der Waals surface area contributed by atoms with Gasteiger partial charge in [0.2, 0.25) is 0 Å². The van der Waals surface area contributed by atoms with E-state index >= 15 is 0 Å². The van der Waals surface area contributed by atoms with Crippen LogP contribution in [0.15, 0.2) is 11.0 Å². The van der Waals surface area contributed by atoms with Crippen molar-refractivity contribution in [1.82, 2.24) is 0 Å². The number of hydrogen-bond donors (Lipinski definition) is 1. The van der Waals surface area contributed by atoms with Crippen LogP contribution in [-0.4, -0.2) is 34.0 Å². The summed E-state index contributed by atoms with van der Waals surface area (Å²) in [5, 5.41) is 9.52. The molecule has 0 aliphatic rings. The van der Waals surface area contributed by atoms with Gasteiger partial charge in [-0.2, -0.15) is 0 Å². The maximum atomic E-state index is 13.8. The molecule has 7 heteroatoms. The van der Waals surface area contributed by atoms with Crippen LogP contribution in [0.25, 0.3) is 0 Å². The molecule has 0 saturated heterocycles. The Morgan fingerprint density at radius 2 is 1.78 bits per heavy atom. The van der Waals surface area contributed by atoms with Crippen molar-refractivity contribution < 1.29 is 27.4 Å². The molecule has 0 bridgehead atoms. The summed E-state index contributed by atoms with van der Waals surface area (Å²) in [5.74, 6) is -1.21. The van der Waals surface area contributed by atoms with Crippen LogP contribution in [-0.2, 0) is 9.84 Å². The van der Waals surface area contributed by atoms with Gasteiger partial charge in [0.05, 0.1) is 20.3 Å². The number of hydrogen-bond acceptors (Lipinski definition) is 5. The van der Waals surface area contributed by atoms with Crippen LogP contribution < -0.4 is 9.47 Å². The molecule has 102 valence electrons. The molecule has 1 N–H and O–H groups in total. The molecule has 0 fully saturated rings. The molecule has 0 spiro atoms. The first-order valence-corrected chi connectivity index (χ1v) is 6.95. The fourth-order valence-corrected chi connectivity index (χ4v) is 2.59. The molecule has 18 heavy (non-hydrogen) atoms. The third-order valence-electron chi connectivity index (χ3n) is 2.40. The minimum Gasteiger partial charge on any atom is -0.492 e. The number of ether oxygens (including phenoxy) is 2. The first-order valence-electron chi connectivity index (χ1n) is 5.06. The molecule has 0 amide bonds. The Morgan fingerprint density at radius 1 is 1.28 bits per heavy atom. The minimum atomic E-state index is -3.81. The lowest BCUT2D eigenvalue weighted by molar-refractivity contribution is 0.191. The zero-order valence-corrected chi connectivity index (χ0v) is 11.3. The molecule has 1 unspecified atom stereocenters. The van der Waals surface area contributed by atoms with Gasteiger partial charge < -0.3 is 14.6 Å². The Balaban J connectivity index is 3.78. The van der Waals surface area contributed by atoms with Gasteiger partial charge in [0.25, 0.3) is 0 Å². The summed E-state index contributed by atoms with van der Waals surface area (Å²) in [6.45, 7) is 1.41. The lowest BCUT2D eigenvalue weighted by atomic mass is 10.1.